The zero-order chi connectivity index (χ0) is 15.5. The first-order chi connectivity index (χ1) is 9.85. The normalized spacial score (nSPS) is 11.4. The minimum atomic E-state index is -0.485. The number of anilines is 1. The lowest BCUT2D eigenvalue weighted by Gasteiger charge is -2.19. The Hall–Kier alpha value is -2.31. The van der Waals surface area contributed by atoms with Crippen molar-refractivity contribution in [3.63, 3.8) is 0 Å². The average molecular weight is 291 g/mol. The van der Waals surface area contributed by atoms with Crippen LogP contribution in [0, 0.1) is 6.92 Å². The Bertz CT molecular complexity index is 630. The van der Waals surface area contributed by atoms with Crippen molar-refractivity contribution in [2.45, 2.75) is 33.3 Å². The van der Waals surface area contributed by atoms with E-state index < -0.39 is 11.7 Å². The molecule has 0 radical (unpaired) electrons. The van der Waals surface area contributed by atoms with Gasteiger partial charge in [-0.1, -0.05) is 0 Å². The van der Waals surface area contributed by atoms with Crippen LogP contribution in [0.25, 0.3) is 5.65 Å². The fourth-order valence-electron chi connectivity index (χ4n) is 1.85. The van der Waals surface area contributed by atoms with Gasteiger partial charge in [0.1, 0.15) is 17.7 Å². The number of fused-ring (bicyclic) bond motifs is 1. The van der Waals surface area contributed by atoms with Gasteiger partial charge in [-0.2, -0.15) is 9.61 Å². The molecule has 0 spiro atoms. The minimum absolute atomic E-state index is 0.417. The lowest BCUT2D eigenvalue weighted by atomic mass is 10.2. The molecule has 7 heteroatoms. The van der Waals surface area contributed by atoms with Crippen LogP contribution in [0.2, 0.25) is 0 Å². The van der Waals surface area contributed by atoms with Crippen LogP contribution in [-0.2, 0) is 4.74 Å². The van der Waals surface area contributed by atoms with Crippen molar-refractivity contribution in [3.8, 4) is 0 Å². The largest absolute Gasteiger partial charge is 0.444 e. The van der Waals surface area contributed by atoms with E-state index in [0.29, 0.717) is 13.1 Å². The first-order valence-corrected chi connectivity index (χ1v) is 6.86. The summed E-state index contributed by atoms with van der Waals surface area (Å²) in [6.07, 6.45) is 1.10. The molecule has 0 saturated heterocycles. The van der Waals surface area contributed by atoms with Crippen molar-refractivity contribution in [3.05, 3.63) is 24.0 Å². The van der Waals surface area contributed by atoms with Crippen LogP contribution in [0.4, 0.5) is 10.6 Å². The van der Waals surface area contributed by atoms with Crippen molar-refractivity contribution >= 4 is 17.6 Å². The van der Waals surface area contributed by atoms with Crippen LogP contribution in [0.1, 0.15) is 26.3 Å². The summed E-state index contributed by atoms with van der Waals surface area (Å²) >= 11 is 0. The number of hydrogen-bond acceptors (Lipinski definition) is 5. The Morgan fingerprint density at radius 2 is 2.10 bits per heavy atom. The van der Waals surface area contributed by atoms with E-state index in [1.807, 2.05) is 39.8 Å². The Morgan fingerprint density at radius 3 is 2.81 bits per heavy atom. The quantitative estimate of drug-likeness (QED) is 0.842. The molecule has 2 heterocycles. The van der Waals surface area contributed by atoms with Crippen LogP contribution in [0.5, 0.6) is 0 Å². The maximum Gasteiger partial charge on any atom is 0.407 e. The van der Waals surface area contributed by atoms with Gasteiger partial charge in [0.2, 0.25) is 0 Å². The molecule has 1 amide bonds. The summed E-state index contributed by atoms with van der Waals surface area (Å²) in [7, 11) is 0. The number of ether oxygens (including phenoxy) is 1. The standard InChI is InChI=1S/C14H21N5O2/c1-10-7-11(19-12(8-10)17-9-18-19)15-5-6-16-13(20)21-14(2,3)4/h7-9,15H,5-6H2,1-4H3,(H,16,20). The molecule has 7 nitrogen and oxygen atoms in total. The fourth-order valence-corrected chi connectivity index (χ4v) is 1.85. The lowest BCUT2D eigenvalue weighted by molar-refractivity contribution is 0.0530. The van der Waals surface area contributed by atoms with Gasteiger partial charge in [-0.15, -0.1) is 0 Å². The van der Waals surface area contributed by atoms with Crippen LogP contribution >= 0.6 is 0 Å². The molecule has 21 heavy (non-hydrogen) atoms. The van der Waals surface area contributed by atoms with E-state index in [1.54, 1.807) is 4.52 Å². The Kier molecular flexibility index (Phi) is 4.30. The van der Waals surface area contributed by atoms with Gasteiger partial charge in [-0.3, -0.25) is 0 Å². The number of aromatic nitrogens is 3. The van der Waals surface area contributed by atoms with Crippen molar-refractivity contribution in [1.82, 2.24) is 19.9 Å². The van der Waals surface area contributed by atoms with Crippen molar-refractivity contribution in [2.24, 2.45) is 0 Å². The summed E-state index contributed by atoms with van der Waals surface area (Å²) in [6, 6.07) is 3.94. The number of alkyl carbamates (subject to hydrolysis) is 1. The molecule has 0 unspecified atom stereocenters. The van der Waals surface area contributed by atoms with Crippen molar-refractivity contribution < 1.29 is 9.53 Å². The zero-order valence-electron chi connectivity index (χ0n) is 12.8. The van der Waals surface area contributed by atoms with E-state index in [9.17, 15) is 4.79 Å². The van der Waals surface area contributed by atoms with Gasteiger partial charge in [-0.25, -0.2) is 9.78 Å². The van der Waals surface area contributed by atoms with Gasteiger partial charge in [0.05, 0.1) is 0 Å². The van der Waals surface area contributed by atoms with Crippen LogP contribution < -0.4 is 10.6 Å². The molecule has 0 fully saturated rings. The third kappa shape index (κ3) is 4.34. The molecular formula is C14H21N5O2. The highest BCUT2D eigenvalue weighted by Gasteiger charge is 2.15. The highest BCUT2D eigenvalue weighted by molar-refractivity contribution is 5.67. The molecular weight excluding hydrogens is 270 g/mol. The van der Waals surface area contributed by atoms with E-state index in [-0.39, 0.29) is 0 Å². The summed E-state index contributed by atoms with van der Waals surface area (Å²) in [4.78, 5) is 15.7. The van der Waals surface area contributed by atoms with E-state index in [1.165, 1.54) is 6.33 Å². The molecule has 2 aromatic rings. The van der Waals surface area contributed by atoms with Gasteiger partial charge in [-0.05, 0) is 45.4 Å². The van der Waals surface area contributed by atoms with Gasteiger partial charge >= 0.3 is 6.09 Å². The van der Waals surface area contributed by atoms with Crippen molar-refractivity contribution in [2.75, 3.05) is 18.4 Å². The minimum Gasteiger partial charge on any atom is -0.444 e. The smallest absolute Gasteiger partial charge is 0.407 e. The number of carbonyl (C=O) groups excluding carboxylic acids is 1. The Morgan fingerprint density at radius 1 is 1.33 bits per heavy atom. The first-order valence-electron chi connectivity index (χ1n) is 6.86. The Balaban J connectivity index is 1.85. The molecule has 0 aliphatic rings. The number of nitrogens with zero attached hydrogens (tertiary/aromatic N) is 3. The molecule has 2 N–H and O–H groups in total. The van der Waals surface area contributed by atoms with Gasteiger partial charge in [0.25, 0.3) is 0 Å². The predicted molar refractivity (Wildman–Crippen MR) is 80.5 cm³/mol. The van der Waals surface area contributed by atoms with Gasteiger partial charge in [0, 0.05) is 13.1 Å². The van der Waals surface area contributed by atoms with Crippen LogP contribution in [0.15, 0.2) is 18.5 Å². The second kappa shape index (κ2) is 5.99. The molecule has 0 aliphatic carbocycles. The maximum absolute atomic E-state index is 11.5. The lowest BCUT2D eigenvalue weighted by Crippen LogP contribution is -2.35. The first kappa shape index (κ1) is 15.1. The zero-order valence-corrected chi connectivity index (χ0v) is 12.8. The topological polar surface area (TPSA) is 80.5 Å². The number of carbonyl (C=O) groups is 1. The second-order valence-electron chi connectivity index (χ2n) is 5.80. The number of amides is 1. The maximum atomic E-state index is 11.5. The fraction of sp³-hybridized carbons (Fsp3) is 0.500. The number of hydrogen-bond donors (Lipinski definition) is 2. The SMILES string of the molecule is Cc1cc(NCCNC(=O)OC(C)(C)C)n2ncnc2c1. The molecule has 0 bridgehead atoms. The highest BCUT2D eigenvalue weighted by atomic mass is 16.6. The van der Waals surface area contributed by atoms with E-state index in [2.05, 4.69) is 20.7 Å². The highest BCUT2D eigenvalue weighted by Crippen LogP contribution is 2.12. The number of pyridine rings is 1. The summed E-state index contributed by atoms with van der Waals surface area (Å²) in [5, 5.41) is 10.1. The van der Waals surface area contributed by atoms with E-state index in [0.717, 1.165) is 17.0 Å². The predicted octanol–water partition coefficient (Wildman–Crippen LogP) is 1.97. The van der Waals surface area contributed by atoms with Crippen LogP contribution in [-0.4, -0.2) is 39.4 Å². The molecule has 114 valence electrons. The summed E-state index contributed by atoms with van der Waals surface area (Å²) in [5.41, 5.74) is 1.40. The molecule has 0 aromatic carbocycles. The monoisotopic (exact) mass is 291 g/mol. The van der Waals surface area contributed by atoms with Crippen molar-refractivity contribution in [1.29, 1.82) is 0 Å². The Labute approximate surface area is 123 Å². The number of nitrogens with one attached hydrogen (secondary N) is 2. The average Bonchev–Trinajstić information content (AvgIpc) is 2.80. The molecule has 0 saturated carbocycles. The number of aryl methyl sites for hydroxylation is 1. The van der Waals surface area contributed by atoms with Crippen LogP contribution in [0.3, 0.4) is 0 Å². The third-order valence-electron chi connectivity index (χ3n) is 2.62. The van der Waals surface area contributed by atoms with Gasteiger partial charge in [0.15, 0.2) is 5.65 Å². The van der Waals surface area contributed by atoms with Gasteiger partial charge < -0.3 is 15.4 Å². The van der Waals surface area contributed by atoms with E-state index in [4.69, 9.17) is 4.74 Å². The third-order valence-corrected chi connectivity index (χ3v) is 2.62. The second-order valence-corrected chi connectivity index (χ2v) is 5.80. The summed E-state index contributed by atoms with van der Waals surface area (Å²) in [5.74, 6) is 0.841. The molecule has 2 rings (SSSR count). The molecule has 2 aromatic heterocycles. The number of rotatable bonds is 4. The summed E-state index contributed by atoms with van der Waals surface area (Å²) in [6.45, 7) is 8.52. The molecule has 0 aliphatic heterocycles. The summed E-state index contributed by atoms with van der Waals surface area (Å²) < 4.78 is 6.88. The molecule has 0 atom stereocenters. The van der Waals surface area contributed by atoms with E-state index >= 15 is 0 Å².